The number of hydrogen-bond donors (Lipinski definition) is 1. The summed E-state index contributed by atoms with van der Waals surface area (Å²) in [5, 5.41) is 4.62. The molecule has 0 bridgehead atoms. The standard InChI is InChI=1S/C16H17N3O/c1-20-16-13(8-5-9-14(16)17)15-10-11-19(18-15)12-6-3-2-4-7-12/h3,5-11H,2,4,17H2,1H3. The highest BCUT2D eigenvalue weighted by molar-refractivity contribution is 5.75. The lowest BCUT2D eigenvalue weighted by Gasteiger charge is -2.09. The van der Waals surface area contributed by atoms with Gasteiger partial charge in [-0.05, 0) is 37.1 Å². The number of rotatable bonds is 3. The molecule has 20 heavy (non-hydrogen) atoms. The summed E-state index contributed by atoms with van der Waals surface area (Å²) in [6.45, 7) is 0. The summed E-state index contributed by atoms with van der Waals surface area (Å²) in [5.74, 6) is 0.672. The Morgan fingerprint density at radius 3 is 2.90 bits per heavy atom. The topological polar surface area (TPSA) is 53.1 Å². The normalized spacial score (nSPS) is 14.2. The quantitative estimate of drug-likeness (QED) is 0.868. The van der Waals surface area contributed by atoms with Gasteiger partial charge in [0, 0.05) is 11.8 Å². The molecular formula is C16H17N3O. The van der Waals surface area contributed by atoms with Gasteiger partial charge >= 0.3 is 0 Å². The lowest BCUT2D eigenvalue weighted by atomic mass is 10.1. The number of benzene rings is 1. The second-order valence-corrected chi connectivity index (χ2v) is 4.68. The smallest absolute Gasteiger partial charge is 0.151 e. The molecule has 0 spiro atoms. The van der Waals surface area contributed by atoms with Crippen LogP contribution < -0.4 is 10.5 Å². The first-order valence-corrected chi connectivity index (χ1v) is 6.65. The van der Waals surface area contributed by atoms with Gasteiger partial charge in [-0.3, -0.25) is 0 Å². The number of nitrogens with two attached hydrogens (primary N) is 1. The van der Waals surface area contributed by atoms with Gasteiger partial charge in [0.2, 0.25) is 0 Å². The molecule has 4 heteroatoms. The molecule has 1 aliphatic rings. The predicted molar refractivity (Wildman–Crippen MR) is 81.3 cm³/mol. The van der Waals surface area contributed by atoms with Crippen LogP contribution in [-0.2, 0) is 0 Å². The van der Waals surface area contributed by atoms with Crippen LogP contribution in [0.15, 0.2) is 48.7 Å². The van der Waals surface area contributed by atoms with Crippen LogP contribution in [0.5, 0.6) is 5.75 Å². The SMILES string of the molecule is COc1c(N)cccc1-c1ccn(C2=CCCC=C2)n1. The summed E-state index contributed by atoms with van der Waals surface area (Å²) < 4.78 is 7.26. The maximum atomic E-state index is 5.94. The highest BCUT2D eigenvalue weighted by Crippen LogP contribution is 2.33. The number of allylic oxidation sites excluding steroid dienone is 4. The highest BCUT2D eigenvalue weighted by Gasteiger charge is 2.12. The summed E-state index contributed by atoms with van der Waals surface area (Å²) in [5.41, 5.74) is 9.42. The van der Waals surface area contributed by atoms with E-state index >= 15 is 0 Å². The summed E-state index contributed by atoms with van der Waals surface area (Å²) in [6.07, 6.45) is 10.6. The van der Waals surface area contributed by atoms with Crippen molar-refractivity contribution in [2.75, 3.05) is 12.8 Å². The van der Waals surface area contributed by atoms with E-state index in [1.807, 2.05) is 35.1 Å². The van der Waals surface area contributed by atoms with Crippen LogP contribution in [0.3, 0.4) is 0 Å². The number of nitrogens with zero attached hydrogens (tertiary/aromatic N) is 2. The molecule has 0 fully saturated rings. The molecule has 1 aliphatic carbocycles. The highest BCUT2D eigenvalue weighted by atomic mass is 16.5. The molecule has 0 saturated carbocycles. The van der Waals surface area contributed by atoms with E-state index in [2.05, 4.69) is 23.3 Å². The fourth-order valence-corrected chi connectivity index (χ4v) is 2.37. The molecule has 1 heterocycles. The maximum absolute atomic E-state index is 5.94. The summed E-state index contributed by atoms with van der Waals surface area (Å²) >= 11 is 0. The Kier molecular flexibility index (Phi) is 3.29. The van der Waals surface area contributed by atoms with Crippen LogP contribution in [0.1, 0.15) is 12.8 Å². The monoisotopic (exact) mass is 267 g/mol. The third kappa shape index (κ3) is 2.20. The lowest BCUT2D eigenvalue weighted by molar-refractivity contribution is 0.418. The Balaban J connectivity index is 2.00. The lowest BCUT2D eigenvalue weighted by Crippen LogP contribution is -1.99. The summed E-state index contributed by atoms with van der Waals surface area (Å²) in [7, 11) is 1.62. The molecule has 1 aromatic carbocycles. The van der Waals surface area contributed by atoms with E-state index in [0.717, 1.165) is 29.8 Å². The Morgan fingerprint density at radius 1 is 1.25 bits per heavy atom. The van der Waals surface area contributed by atoms with Crippen molar-refractivity contribution in [3.8, 4) is 17.0 Å². The van der Waals surface area contributed by atoms with Crippen LogP contribution in [-0.4, -0.2) is 16.9 Å². The Morgan fingerprint density at radius 2 is 2.15 bits per heavy atom. The van der Waals surface area contributed by atoms with E-state index in [1.165, 1.54) is 0 Å². The number of methoxy groups -OCH3 is 1. The van der Waals surface area contributed by atoms with Gasteiger partial charge in [-0.15, -0.1) is 0 Å². The van der Waals surface area contributed by atoms with Crippen molar-refractivity contribution < 1.29 is 4.74 Å². The first kappa shape index (κ1) is 12.5. The van der Waals surface area contributed by atoms with Gasteiger partial charge in [-0.25, -0.2) is 4.68 Å². The zero-order chi connectivity index (χ0) is 13.9. The minimum atomic E-state index is 0.622. The molecule has 0 atom stereocenters. The van der Waals surface area contributed by atoms with Crippen LogP contribution in [0.25, 0.3) is 17.0 Å². The van der Waals surface area contributed by atoms with E-state index in [0.29, 0.717) is 11.4 Å². The van der Waals surface area contributed by atoms with Crippen molar-refractivity contribution >= 4 is 11.4 Å². The van der Waals surface area contributed by atoms with Crippen LogP contribution in [0.4, 0.5) is 5.69 Å². The van der Waals surface area contributed by atoms with Crippen molar-refractivity contribution in [3.05, 3.63) is 48.7 Å². The molecule has 0 unspecified atom stereocenters. The Hall–Kier alpha value is -2.49. The second-order valence-electron chi connectivity index (χ2n) is 4.68. The molecule has 3 rings (SSSR count). The van der Waals surface area contributed by atoms with Gasteiger partial charge in [0.05, 0.1) is 24.2 Å². The van der Waals surface area contributed by atoms with Crippen LogP contribution in [0, 0.1) is 0 Å². The second kappa shape index (κ2) is 5.25. The van der Waals surface area contributed by atoms with E-state index in [1.54, 1.807) is 7.11 Å². The minimum absolute atomic E-state index is 0.622. The zero-order valence-corrected chi connectivity index (χ0v) is 11.4. The molecule has 0 aliphatic heterocycles. The first-order valence-electron chi connectivity index (χ1n) is 6.65. The van der Waals surface area contributed by atoms with E-state index in [4.69, 9.17) is 10.5 Å². The fourth-order valence-electron chi connectivity index (χ4n) is 2.37. The van der Waals surface area contributed by atoms with Crippen molar-refractivity contribution in [2.24, 2.45) is 0 Å². The number of anilines is 1. The van der Waals surface area contributed by atoms with Crippen molar-refractivity contribution in [1.29, 1.82) is 0 Å². The van der Waals surface area contributed by atoms with Crippen LogP contribution >= 0.6 is 0 Å². The molecule has 0 saturated heterocycles. The number of para-hydroxylation sites is 1. The van der Waals surface area contributed by atoms with E-state index in [9.17, 15) is 0 Å². The molecule has 0 radical (unpaired) electrons. The molecule has 1 aromatic heterocycles. The molecule has 2 aromatic rings. The summed E-state index contributed by atoms with van der Waals surface area (Å²) in [4.78, 5) is 0. The third-order valence-electron chi connectivity index (χ3n) is 3.35. The molecular weight excluding hydrogens is 250 g/mol. The van der Waals surface area contributed by atoms with E-state index < -0.39 is 0 Å². The molecule has 0 amide bonds. The van der Waals surface area contributed by atoms with E-state index in [-0.39, 0.29) is 0 Å². The average molecular weight is 267 g/mol. The van der Waals surface area contributed by atoms with Gasteiger partial charge < -0.3 is 10.5 Å². The van der Waals surface area contributed by atoms with Crippen molar-refractivity contribution in [1.82, 2.24) is 9.78 Å². The van der Waals surface area contributed by atoms with Gasteiger partial charge in [-0.1, -0.05) is 18.2 Å². The van der Waals surface area contributed by atoms with Crippen molar-refractivity contribution in [3.63, 3.8) is 0 Å². The maximum Gasteiger partial charge on any atom is 0.151 e. The van der Waals surface area contributed by atoms with Gasteiger partial charge in [0.1, 0.15) is 0 Å². The number of ether oxygens (including phenoxy) is 1. The minimum Gasteiger partial charge on any atom is -0.494 e. The average Bonchev–Trinajstić information content (AvgIpc) is 2.97. The largest absolute Gasteiger partial charge is 0.494 e. The van der Waals surface area contributed by atoms with Gasteiger partial charge in [0.15, 0.2) is 5.75 Å². The number of hydrogen-bond acceptors (Lipinski definition) is 3. The first-order chi connectivity index (χ1) is 9.79. The number of nitrogen functional groups attached to an aromatic ring is 1. The molecule has 4 nitrogen and oxygen atoms in total. The molecule has 102 valence electrons. The summed E-state index contributed by atoms with van der Waals surface area (Å²) in [6, 6.07) is 7.67. The zero-order valence-electron chi connectivity index (χ0n) is 11.4. The Bertz CT molecular complexity index is 683. The fraction of sp³-hybridized carbons (Fsp3) is 0.188. The molecule has 2 N–H and O–H groups in total. The number of aromatic nitrogens is 2. The van der Waals surface area contributed by atoms with Gasteiger partial charge in [0.25, 0.3) is 0 Å². The van der Waals surface area contributed by atoms with Crippen molar-refractivity contribution in [2.45, 2.75) is 12.8 Å². The van der Waals surface area contributed by atoms with Crippen LogP contribution in [0.2, 0.25) is 0 Å². The third-order valence-corrected chi connectivity index (χ3v) is 3.35. The Labute approximate surface area is 118 Å². The van der Waals surface area contributed by atoms with Gasteiger partial charge in [-0.2, -0.15) is 5.10 Å². The predicted octanol–water partition coefficient (Wildman–Crippen LogP) is 3.33.